The lowest BCUT2D eigenvalue weighted by Crippen LogP contribution is -2.30. The van der Waals surface area contributed by atoms with Crippen LogP contribution in [0.4, 0.5) is 0 Å². The normalized spacial score (nSPS) is 12.4. The van der Waals surface area contributed by atoms with Crippen molar-refractivity contribution in [3.63, 3.8) is 0 Å². The van der Waals surface area contributed by atoms with Crippen LogP contribution in [0.2, 0.25) is 0 Å². The molecule has 0 radical (unpaired) electrons. The number of unbranched alkanes of at least 4 members (excludes halogenated alkanes) is 30. The molecule has 6 heteroatoms. The third-order valence-electron chi connectivity index (χ3n) is 11.8. The van der Waals surface area contributed by atoms with E-state index in [1.807, 2.05) is 0 Å². The molecule has 0 heterocycles. The third kappa shape index (κ3) is 50.2. The molecule has 63 heavy (non-hydrogen) atoms. The highest BCUT2D eigenvalue weighted by molar-refractivity contribution is 5.71. The minimum atomic E-state index is -0.770. The smallest absolute Gasteiger partial charge is 0.306 e. The predicted octanol–water partition coefficient (Wildman–Crippen LogP) is 17.9. The minimum Gasteiger partial charge on any atom is -0.462 e. The lowest BCUT2D eigenvalue weighted by Gasteiger charge is -2.18. The summed E-state index contributed by atoms with van der Waals surface area (Å²) in [5.41, 5.74) is 0. The molecule has 0 aliphatic heterocycles. The van der Waals surface area contributed by atoms with Crippen LogP contribution in [0.1, 0.15) is 278 Å². The number of hydrogen-bond donors (Lipinski definition) is 0. The molecule has 0 aliphatic rings. The maximum Gasteiger partial charge on any atom is 0.306 e. The van der Waals surface area contributed by atoms with Crippen molar-refractivity contribution in [3.05, 3.63) is 48.6 Å². The van der Waals surface area contributed by atoms with E-state index in [0.717, 1.165) is 96.3 Å². The molecular weight excluding hydrogens is 781 g/mol. The summed E-state index contributed by atoms with van der Waals surface area (Å²) in [4.78, 5) is 37.7. The Kier molecular flexibility index (Phi) is 49.8. The van der Waals surface area contributed by atoms with E-state index in [4.69, 9.17) is 14.2 Å². The third-order valence-corrected chi connectivity index (χ3v) is 11.8. The molecule has 0 saturated carbocycles. The Labute approximate surface area is 390 Å². The molecule has 0 amide bonds. The van der Waals surface area contributed by atoms with Crippen LogP contribution >= 0.6 is 0 Å². The molecule has 0 aromatic heterocycles. The molecule has 1 unspecified atom stereocenters. The van der Waals surface area contributed by atoms with Crippen molar-refractivity contribution in [2.45, 2.75) is 284 Å². The molecule has 0 bridgehead atoms. The van der Waals surface area contributed by atoms with Gasteiger partial charge in [0.25, 0.3) is 0 Å². The summed E-state index contributed by atoms with van der Waals surface area (Å²) in [6.07, 6.45) is 62.8. The Morgan fingerprint density at radius 1 is 0.333 bits per heavy atom. The van der Waals surface area contributed by atoms with Gasteiger partial charge in [0.2, 0.25) is 0 Å². The van der Waals surface area contributed by atoms with Gasteiger partial charge in [-0.3, -0.25) is 14.4 Å². The number of carbonyl (C=O) groups excluding carboxylic acids is 3. The summed E-state index contributed by atoms with van der Waals surface area (Å²) in [6.45, 7) is 6.47. The summed E-state index contributed by atoms with van der Waals surface area (Å²) >= 11 is 0. The van der Waals surface area contributed by atoms with Gasteiger partial charge < -0.3 is 14.2 Å². The Balaban J connectivity index is 4.12. The first-order chi connectivity index (χ1) is 31.0. The van der Waals surface area contributed by atoms with Crippen LogP contribution in [-0.2, 0) is 28.6 Å². The summed E-state index contributed by atoms with van der Waals surface area (Å²) in [5.74, 6) is -0.884. The van der Waals surface area contributed by atoms with Crippen molar-refractivity contribution >= 4 is 17.9 Å². The highest BCUT2D eigenvalue weighted by Gasteiger charge is 2.19. The van der Waals surface area contributed by atoms with Crippen LogP contribution in [0.25, 0.3) is 0 Å². The standard InChI is InChI=1S/C57H102O6/c1-4-7-10-13-15-17-19-21-23-25-27-28-30-31-33-35-37-39-41-44-47-50-56(59)62-53-54(52-61-55(58)49-46-43-12-9-6-3)63-57(60)51-48-45-42-40-38-36-34-32-29-26-24-22-20-18-16-14-11-8-5-2/h7,10,15,17,21,23,27-28,54H,4-6,8-9,11-14,16,18-20,22,24-26,29-53H2,1-3H3/b10-7-,17-15-,23-21-,28-27-. The molecular formula is C57H102O6. The molecule has 366 valence electrons. The first-order valence-electron chi connectivity index (χ1n) is 27.1. The maximum atomic E-state index is 12.8. The first-order valence-corrected chi connectivity index (χ1v) is 27.1. The van der Waals surface area contributed by atoms with Crippen LogP contribution in [0, 0.1) is 0 Å². The van der Waals surface area contributed by atoms with E-state index >= 15 is 0 Å². The number of hydrogen-bond acceptors (Lipinski definition) is 6. The quantitative estimate of drug-likeness (QED) is 0.0262. The van der Waals surface area contributed by atoms with Gasteiger partial charge in [-0.25, -0.2) is 0 Å². The molecule has 0 spiro atoms. The molecule has 0 aromatic rings. The van der Waals surface area contributed by atoms with Gasteiger partial charge in [-0.2, -0.15) is 0 Å². The van der Waals surface area contributed by atoms with E-state index in [0.29, 0.717) is 19.3 Å². The molecule has 1 atom stereocenters. The van der Waals surface area contributed by atoms with Crippen LogP contribution in [-0.4, -0.2) is 37.2 Å². The van der Waals surface area contributed by atoms with Gasteiger partial charge in [-0.15, -0.1) is 0 Å². The van der Waals surface area contributed by atoms with E-state index in [-0.39, 0.29) is 31.1 Å². The molecule has 0 aliphatic carbocycles. The fraction of sp³-hybridized carbons (Fsp3) is 0.807. The SMILES string of the molecule is CC/C=C\C/C=C\C/C=C\C/C=C\CCCCCCCCCCC(=O)OCC(COC(=O)CCCCCCC)OC(=O)CCCCCCCCCCCCCCCCCCCCC. The highest BCUT2D eigenvalue weighted by Crippen LogP contribution is 2.16. The number of esters is 3. The van der Waals surface area contributed by atoms with Gasteiger partial charge >= 0.3 is 17.9 Å². The number of allylic oxidation sites excluding steroid dienone is 8. The molecule has 0 N–H and O–H groups in total. The predicted molar refractivity (Wildman–Crippen MR) is 270 cm³/mol. The van der Waals surface area contributed by atoms with Crippen molar-refractivity contribution < 1.29 is 28.6 Å². The number of rotatable bonds is 49. The van der Waals surface area contributed by atoms with Crippen molar-refractivity contribution in [2.24, 2.45) is 0 Å². The van der Waals surface area contributed by atoms with Crippen molar-refractivity contribution in [1.29, 1.82) is 0 Å². The summed E-state index contributed by atoms with van der Waals surface area (Å²) in [6, 6.07) is 0. The Hall–Kier alpha value is -2.63. The van der Waals surface area contributed by atoms with E-state index in [1.54, 1.807) is 0 Å². The number of carbonyl (C=O) groups is 3. The van der Waals surface area contributed by atoms with Crippen LogP contribution in [0.3, 0.4) is 0 Å². The zero-order valence-corrected chi connectivity index (χ0v) is 41.8. The Bertz CT molecular complexity index is 1110. The lowest BCUT2D eigenvalue weighted by molar-refractivity contribution is -0.167. The highest BCUT2D eigenvalue weighted by atomic mass is 16.6. The summed E-state index contributed by atoms with van der Waals surface area (Å²) in [5, 5.41) is 0. The van der Waals surface area contributed by atoms with Crippen LogP contribution in [0.5, 0.6) is 0 Å². The monoisotopic (exact) mass is 883 g/mol. The Morgan fingerprint density at radius 2 is 0.619 bits per heavy atom. The maximum absolute atomic E-state index is 12.8. The van der Waals surface area contributed by atoms with E-state index < -0.39 is 6.10 Å². The molecule has 0 aromatic carbocycles. The van der Waals surface area contributed by atoms with Gasteiger partial charge in [0.15, 0.2) is 6.10 Å². The van der Waals surface area contributed by atoms with E-state index in [1.165, 1.54) is 141 Å². The van der Waals surface area contributed by atoms with Crippen molar-refractivity contribution in [3.8, 4) is 0 Å². The van der Waals surface area contributed by atoms with Crippen LogP contribution < -0.4 is 0 Å². The van der Waals surface area contributed by atoms with E-state index in [2.05, 4.69) is 69.4 Å². The van der Waals surface area contributed by atoms with Gasteiger partial charge in [0.1, 0.15) is 13.2 Å². The summed E-state index contributed by atoms with van der Waals surface area (Å²) in [7, 11) is 0. The summed E-state index contributed by atoms with van der Waals surface area (Å²) < 4.78 is 16.7. The average molecular weight is 883 g/mol. The lowest BCUT2D eigenvalue weighted by atomic mass is 10.0. The van der Waals surface area contributed by atoms with Gasteiger partial charge in [0.05, 0.1) is 0 Å². The zero-order valence-electron chi connectivity index (χ0n) is 41.8. The number of ether oxygens (including phenoxy) is 3. The van der Waals surface area contributed by atoms with Crippen molar-refractivity contribution in [1.82, 2.24) is 0 Å². The average Bonchev–Trinajstić information content (AvgIpc) is 3.28. The molecule has 0 rings (SSSR count). The molecule has 0 saturated heterocycles. The van der Waals surface area contributed by atoms with Gasteiger partial charge in [-0.1, -0.05) is 249 Å². The second kappa shape index (κ2) is 52.0. The second-order valence-electron chi connectivity index (χ2n) is 18.1. The topological polar surface area (TPSA) is 78.9 Å². The largest absolute Gasteiger partial charge is 0.462 e. The Morgan fingerprint density at radius 3 is 0.968 bits per heavy atom. The zero-order chi connectivity index (χ0) is 45.8. The van der Waals surface area contributed by atoms with Gasteiger partial charge in [-0.05, 0) is 57.8 Å². The van der Waals surface area contributed by atoms with Gasteiger partial charge in [0, 0.05) is 19.3 Å². The van der Waals surface area contributed by atoms with Crippen molar-refractivity contribution in [2.75, 3.05) is 13.2 Å². The molecule has 6 nitrogen and oxygen atoms in total. The fourth-order valence-corrected chi connectivity index (χ4v) is 7.79. The van der Waals surface area contributed by atoms with Crippen LogP contribution in [0.15, 0.2) is 48.6 Å². The second-order valence-corrected chi connectivity index (χ2v) is 18.1. The minimum absolute atomic E-state index is 0.0740. The molecule has 0 fully saturated rings. The first kappa shape index (κ1) is 60.4. The van der Waals surface area contributed by atoms with E-state index in [9.17, 15) is 14.4 Å². The fourth-order valence-electron chi connectivity index (χ4n) is 7.79.